The van der Waals surface area contributed by atoms with Crippen molar-refractivity contribution >= 4 is 45.1 Å². The largest absolute Gasteiger partial charge is 0.274 e. The molecule has 1 spiro atoms. The van der Waals surface area contributed by atoms with E-state index in [0.29, 0.717) is 17.0 Å². The molecule has 2 aliphatic rings. The molecule has 2 aromatic carbocycles. The predicted molar refractivity (Wildman–Crippen MR) is 104 cm³/mol. The second-order valence-electron chi connectivity index (χ2n) is 6.60. The Hall–Kier alpha value is -2.80. The van der Waals surface area contributed by atoms with Gasteiger partial charge in [0, 0.05) is 30.3 Å². The maximum atomic E-state index is 13.4. The van der Waals surface area contributed by atoms with Crippen molar-refractivity contribution < 1.29 is 14.4 Å². The molecular formula is C20H16BrN3O3. The van der Waals surface area contributed by atoms with Crippen molar-refractivity contribution in [2.45, 2.75) is 25.8 Å². The highest BCUT2D eigenvalue weighted by Crippen LogP contribution is 2.49. The lowest BCUT2D eigenvalue weighted by atomic mass is 9.85. The van der Waals surface area contributed by atoms with Crippen molar-refractivity contribution in [3.63, 3.8) is 0 Å². The molecule has 136 valence electrons. The maximum Gasteiger partial charge on any atom is 0.266 e. The fraction of sp³-hybridized carbons (Fsp3) is 0.200. The first-order valence-corrected chi connectivity index (χ1v) is 9.24. The molecule has 0 aromatic heterocycles. The Morgan fingerprint density at radius 3 is 2.33 bits per heavy atom. The van der Waals surface area contributed by atoms with Crippen LogP contribution < -0.4 is 4.90 Å². The first-order chi connectivity index (χ1) is 12.9. The van der Waals surface area contributed by atoms with Crippen LogP contribution in [0.4, 0.5) is 5.69 Å². The third kappa shape index (κ3) is 2.45. The minimum atomic E-state index is -1.32. The molecule has 6 nitrogen and oxygen atoms in total. The van der Waals surface area contributed by atoms with Crippen LogP contribution in [0.15, 0.2) is 58.1 Å². The molecule has 2 aliphatic heterocycles. The van der Waals surface area contributed by atoms with E-state index in [2.05, 4.69) is 21.0 Å². The van der Waals surface area contributed by atoms with Crippen molar-refractivity contribution in [2.24, 2.45) is 5.10 Å². The lowest BCUT2D eigenvalue weighted by Gasteiger charge is -2.30. The van der Waals surface area contributed by atoms with Gasteiger partial charge in [0.2, 0.25) is 11.8 Å². The molecule has 2 heterocycles. The minimum Gasteiger partial charge on any atom is -0.274 e. The van der Waals surface area contributed by atoms with E-state index in [9.17, 15) is 14.4 Å². The van der Waals surface area contributed by atoms with Crippen LogP contribution in [-0.4, -0.2) is 28.4 Å². The Morgan fingerprint density at radius 2 is 1.70 bits per heavy atom. The number of hydrogen-bond donors (Lipinski definition) is 0. The number of halogens is 1. The van der Waals surface area contributed by atoms with E-state index in [1.165, 1.54) is 18.9 Å². The fourth-order valence-electron chi connectivity index (χ4n) is 3.82. The van der Waals surface area contributed by atoms with Gasteiger partial charge in [0.1, 0.15) is 0 Å². The molecule has 4 rings (SSSR count). The second kappa shape index (κ2) is 6.13. The summed E-state index contributed by atoms with van der Waals surface area (Å²) >= 11 is 3.40. The number of rotatable bonds is 1. The summed E-state index contributed by atoms with van der Waals surface area (Å²) in [5.74, 6) is -1.18. The van der Waals surface area contributed by atoms with Gasteiger partial charge in [0.05, 0.1) is 11.4 Å². The van der Waals surface area contributed by atoms with Crippen LogP contribution in [0.1, 0.15) is 31.4 Å². The van der Waals surface area contributed by atoms with Crippen molar-refractivity contribution in [3.05, 3.63) is 64.1 Å². The third-order valence-electron chi connectivity index (χ3n) is 4.94. The van der Waals surface area contributed by atoms with E-state index >= 15 is 0 Å². The summed E-state index contributed by atoms with van der Waals surface area (Å²) in [4.78, 5) is 39.2. The number of carbonyl (C=O) groups excluding carboxylic acids is 3. The van der Waals surface area contributed by atoms with Gasteiger partial charge >= 0.3 is 0 Å². The third-order valence-corrected chi connectivity index (χ3v) is 5.47. The summed E-state index contributed by atoms with van der Waals surface area (Å²) in [6.07, 6.45) is 0.216. The second-order valence-corrected chi connectivity index (χ2v) is 7.51. The number of carbonyl (C=O) groups is 3. The molecule has 7 heteroatoms. The number of hydrazone groups is 1. The van der Waals surface area contributed by atoms with Gasteiger partial charge in [0.25, 0.3) is 5.91 Å². The molecule has 27 heavy (non-hydrogen) atoms. The Labute approximate surface area is 164 Å². The van der Waals surface area contributed by atoms with Crippen LogP contribution in [0, 0.1) is 0 Å². The lowest BCUT2D eigenvalue weighted by Crippen LogP contribution is -2.51. The highest BCUT2D eigenvalue weighted by atomic mass is 79.9. The van der Waals surface area contributed by atoms with E-state index in [-0.39, 0.29) is 18.2 Å². The van der Waals surface area contributed by atoms with Crippen LogP contribution in [0.2, 0.25) is 0 Å². The average molecular weight is 426 g/mol. The van der Waals surface area contributed by atoms with Gasteiger partial charge in [-0.15, -0.1) is 0 Å². The predicted octanol–water partition coefficient (Wildman–Crippen LogP) is 3.19. The normalized spacial score (nSPS) is 20.9. The Kier molecular flexibility index (Phi) is 3.99. The molecule has 0 saturated carbocycles. The Bertz CT molecular complexity index is 1020. The quantitative estimate of drug-likeness (QED) is 0.704. The van der Waals surface area contributed by atoms with Crippen LogP contribution in [0.25, 0.3) is 0 Å². The first kappa shape index (κ1) is 17.6. The van der Waals surface area contributed by atoms with Crippen molar-refractivity contribution in [3.8, 4) is 0 Å². The van der Waals surface area contributed by atoms with Crippen LogP contribution in [0.3, 0.4) is 0 Å². The van der Waals surface area contributed by atoms with Crippen molar-refractivity contribution in [1.82, 2.24) is 5.01 Å². The number of para-hydroxylation sites is 1. The van der Waals surface area contributed by atoms with E-state index < -0.39 is 11.4 Å². The summed E-state index contributed by atoms with van der Waals surface area (Å²) in [5.41, 5.74) is 1.26. The van der Waals surface area contributed by atoms with E-state index in [1.807, 2.05) is 24.3 Å². The smallest absolute Gasteiger partial charge is 0.266 e. The summed E-state index contributed by atoms with van der Waals surface area (Å²) in [6, 6.07) is 14.6. The number of amides is 3. The SMILES string of the molecule is CC(=O)N1C(=O)C2(CC(c3ccc(Br)cc3)=NN2C(C)=O)c2ccccc21. The molecule has 1 atom stereocenters. The van der Waals surface area contributed by atoms with E-state index in [1.54, 1.807) is 24.3 Å². The zero-order valence-corrected chi connectivity index (χ0v) is 16.4. The standard InChI is InChI=1S/C20H16BrN3O3/c1-12(25)23-18-6-4-3-5-16(18)20(19(23)27)11-17(22-24(20)13(2)26)14-7-9-15(21)10-8-14/h3-10H,11H2,1-2H3. The number of hydrogen-bond acceptors (Lipinski definition) is 4. The van der Waals surface area contributed by atoms with E-state index in [4.69, 9.17) is 0 Å². The molecule has 0 aliphatic carbocycles. The topological polar surface area (TPSA) is 70.1 Å². The molecule has 1 unspecified atom stereocenters. The molecule has 2 aromatic rings. The Morgan fingerprint density at radius 1 is 1.04 bits per heavy atom. The highest BCUT2D eigenvalue weighted by Gasteiger charge is 2.60. The zero-order valence-electron chi connectivity index (χ0n) is 14.8. The van der Waals surface area contributed by atoms with Gasteiger partial charge in [-0.05, 0) is 23.8 Å². The highest BCUT2D eigenvalue weighted by molar-refractivity contribution is 9.10. The van der Waals surface area contributed by atoms with Gasteiger partial charge < -0.3 is 0 Å². The van der Waals surface area contributed by atoms with Gasteiger partial charge in [0.15, 0.2) is 5.54 Å². The number of anilines is 1. The van der Waals surface area contributed by atoms with Crippen LogP contribution in [-0.2, 0) is 19.9 Å². The lowest BCUT2D eigenvalue weighted by molar-refractivity contribution is -0.144. The molecule has 0 fully saturated rings. The van der Waals surface area contributed by atoms with Crippen molar-refractivity contribution in [2.75, 3.05) is 4.90 Å². The fourth-order valence-corrected chi connectivity index (χ4v) is 4.08. The monoisotopic (exact) mass is 425 g/mol. The molecular weight excluding hydrogens is 410 g/mol. The minimum absolute atomic E-state index is 0.216. The first-order valence-electron chi connectivity index (χ1n) is 8.45. The zero-order chi connectivity index (χ0) is 19.3. The molecule has 0 saturated heterocycles. The summed E-state index contributed by atoms with van der Waals surface area (Å²) in [5, 5.41) is 5.72. The van der Waals surface area contributed by atoms with Gasteiger partial charge in [-0.25, -0.2) is 9.91 Å². The summed E-state index contributed by atoms with van der Waals surface area (Å²) in [6.45, 7) is 2.72. The maximum absolute atomic E-state index is 13.4. The molecule has 0 radical (unpaired) electrons. The average Bonchev–Trinajstić information content (AvgIpc) is 3.15. The summed E-state index contributed by atoms with van der Waals surface area (Å²) < 4.78 is 0.924. The Balaban J connectivity index is 1.89. The summed E-state index contributed by atoms with van der Waals surface area (Å²) in [7, 11) is 0. The molecule has 0 bridgehead atoms. The number of imide groups is 1. The van der Waals surface area contributed by atoms with Gasteiger partial charge in [-0.3, -0.25) is 14.4 Å². The van der Waals surface area contributed by atoms with Gasteiger partial charge in [-0.2, -0.15) is 5.10 Å². The van der Waals surface area contributed by atoms with Gasteiger partial charge in [-0.1, -0.05) is 46.3 Å². The van der Waals surface area contributed by atoms with Crippen LogP contribution in [0.5, 0.6) is 0 Å². The van der Waals surface area contributed by atoms with Crippen LogP contribution >= 0.6 is 15.9 Å². The van der Waals surface area contributed by atoms with E-state index in [0.717, 1.165) is 14.9 Å². The number of fused-ring (bicyclic) bond motifs is 2. The van der Waals surface area contributed by atoms with Crippen molar-refractivity contribution in [1.29, 1.82) is 0 Å². The molecule has 3 amide bonds. The number of nitrogens with zero attached hydrogens (tertiary/aromatic N) is 3. The number of benzene rings is 2. The molecule has 0 N–H and O–H groups in total.